The Hall–Kier alpha value is -1.86. The highest BCUT2D eigenvalue weighted by Gasteiger charge is 2.29. The van der Waals surface area contributed by atoms with E-state index in [1.54, 1.807) is 12.1 Å². The summed E-state index contributed by atoms with van der Waals surface area (Å²) >= 11 is 0. The van der Waals surface area contributed by atoms with E-state index in [2.05, 4.69) is 24.1 Å². The van der Waals surface area contributed by atoms with E-state index in [1.165, 1.54) is 6.07 Å². The van der Waals surface area contributed by atoms with Crippen molar-refractivity contribution in [2.45, 2.75) is 52.0 Å². The van der Waals surface area contributed by atoms with E-state index >= 15 is 0 Å². The quantitative estimate of drug-likeness (QED) is 0.554. The van der Waals surface area contributed by atoms with Crippen molar-refractivity contribution >= 4 is 29.7 Å². The van der Waals surface area contributed by atoms with Gasteiger partial charge in [0.05, 0.1) is 4.92 Å². The number of benzene rings is 1. The summed E-state index contributed by atoms with van der Waals surface area (Å²) in [5.74, 6) is 0.569. The molecule has 0 aromatic heterocycles. The number of anilines is 1. The highest BCUT2D eigenvalue weighted by Crippen LogP contribution is 2.33. The zero-order chi connectivity index (χ0) is 20.1. The number of nitrogens with one attached hydrogen (secondary N) is 1. The fraction of sp³-hybridized carbons (Fsp3) is 0.667. The van der Waals surface area contributed by atoms with Gasteiger partial charge >= 0.3 is 0 Å². The van der Waals surface area contributed by atoms with E-state index in [0.29, 0.717) is 23.7 Å². The second-order valence-corrected chi connectivity index (χ2v) is 8.11. The molecule has 2 saturated heterocycles. The van der Waals surface area contributed by atoms with Crippen LogP contribution in [-0.4, -0.2) is 54.5 Å². The summed E-state index contributed by atoms with van der Waals surface area (Å²) in [6.07, 6.45) is 4.81. The molecule has 0 saturated carbocycles. The van der Waals surface area contributed by atoms with Crippen LogP contribution in [0.5, 0.6) is 0 Å². The van der Waals surface area contributed by atoms with Gasteiger partial charge < -0.3 is 15.1 Å². The molecule has 2 heterocycles. The maximum Gasteiger partial charge on any atom is 0.293 e. The Balaban J connectivity index is 0.00000300. The number of hydrogen-bond acceptors (Lipinski definition) is 5. The first-order valence-electron chi connectivity index (χ1n) is 10.6. The number of piperidine rings is 2. The minimum Gasteiger partial charge on any atom is -0.366 e. The van der Waals surface area contributed by atoms with Crippen molar-refractivity contribution in [3.63, 3.8) is 0 Å². The minimum atomic E-state index is -0.348. The van der Waals surface area contributed by atoms with Crippen LogP contribution in [0, 0.1) is 16.0 Å². The Bertz CT molecular complexity index is 701. The summed E-state index contributed by atoms with van der Waals surface area (Å²) in [5, 5.41) is 15.1. The molecule has 8 heteroatoms. The van der Waals surface area contributed by atoms with Gasteiger partial charge in [-0.1, -0.05) is 13.8 Å². The van der Waals surface area contributed by atoms with Gasteiger partial charge in [-0.2, -0.15) is 0 Å². The van der Waals surface area contributed by atoms with Gasteiger partial charge in [-0.25, -0.2) is 0 Å². The number of nitrogens with zero attached hydrogens (tertiary/aromatic N) is 3. The summed E-state index contributed by atoms with van der Waals surface area (Å²) in [7, 11) is 0. The van der Waals surface area contributed by atoms with Gasteiger partial charge in [0.25, 0.3) is 11.6 Å². The first-order valence-corrected chi connectivity index (χ1v) is 10.6. The monoisotopic (exact) mass is 424 g/mol. The molecule has 1 amide bonds. The van der Waals surface area contributed by atoms with Gasteiger partial charge in [0.1, 0.15) is 5.69 Å². The van der Waals surface area contributed by atoms with Crippen molar-refractivity contribution in [1.29, 1.82) is 0 Å². The van der Waals surface area contributed by atoms with Crippen molar-refractivity contribution in [2.75, 3.05) is 37.6 Å². The van der Waals surface area contributed by atoms with E-state index in [4.69, 9.17) is 0 Å². The molecular weight excluding hydrogens is 392 g/mol. The van der Waals surface area contributed by atoms with Gasteiger partial charge in [0.15, 0.2) is 0 Å². The molecule has 0 aliphatic carbocycles. The highest BCUT2D eigenvalue weighted by atomic mass is 35.5. The SMILES string of the molecule is CCCN(C(=O)c1ccc(N2CCC(C)CC2)c([N+](=O)[O-])c1)C1CCNCC1.Cl. The van der Waals surface area contributed by atoms with Crippen LogP contribution in [0.15, 0.2) is 18.2 Å². The van der Waals surface area contributed by atoms with Crippen molar-refractivity contribution in [3.8, 4) is 0 Å². The number of hydrogen-bond donors (Lipinski definition) is 1. The molecule has 1 N–H and O–H groups in total. The molecular formula is C21H33ClN4O3. The lowest BCUT2D eigenvalue weighted by Gasteiger charge is -2.35. The van der Waals surface area contributed by atoms with Crippen molar-refractivity contribution in [3.05, 3.63) is 33.9 Å². The second kappa shape index (κ2) is 10.8. The molecule has 29 heavy (non-hydrogen) atoms. The molecule has 1 aromatic carbocycles. The number of halogens is 1. The Kier molecular flexibility index (Phi) is 8.71. The second-order valence-electron chi connectivity index (χ2n) is 8.11. The fourth-order valence-corrected chi connectivity index (χ4v) is 4.29. The molecule has 162 valence electrons. The van der Waals surface area contributed by atoms with Crippen LogP contribution >= 0.6 is 12.4 Å². The molecule has 0 radical (unpaired) electrons. The smallest absolute Gasteiger partial charge is 0.293 e. The van der Waals surface area contributed by atoms with Gasteiger partial charge in [-0.15, -0.1) is 12.4 Å². The lowest BCUT2D eigenvalue weighted by Crippen LogP contribution is -2.46. The third kappa shape index (κ3) is 5.60. The Morgan fingerprint density at radius 2 is 1.90 bits per heavy atom. The Labute approximate surface area is 179 Å². The van der Waals surface area contributed by atoms with Crippen LogP contribution in [0.25, 0.3) is 0 Å². The molecule has 0 spiro atoms. The standard InChI is InChI=1S/C21H32N4O3.ClH/c1-3-12-24(18-6-10-22-11-7-18)21(26)17-4-5-19(20(15-17)25(27)28)23-13-8-16(2)9-14-23;/h4-5,15-16,18,22H,3,6-14H2,1-2H3;1H. The van der Waals surface area contributed by atoms with E-state index in [-0.39, 0.29) is 35.0 Å². The first kappa shape index (κ1) is 23.4. The van der Waals surface area contributed by atoms with E-state index in [9.17, 15) is 14.9 Å². The van der Waals surface area contributed by atoms with Gasteiger partial charge in [-0.05, 0) is 63.2 Å². The van der Waals surface area contributed by atoms with Gasteiger partial charge in [0.2, 0.25) is 0 Å². The topological polar surface area (TPSA) is 78.7 Å². The zero-order valence-electron chi connectivity index (χ0n) is 17.4. The fourth-order valence-electron chi connectivity index (χ4n) is 4.29. The summed E-state index contributed by atoms with van der Waals surface area (Å²) in [6, 6.07) is 5.23. The summed E-state index contributed by atoms with van der Waals surface area (Å²) in [5.41, 5.74) is 1.10. The number of carbonyl (C=O) groups is 1. The highest BCUT2D eigenvalue weighted by molar-refractivity contribution is 5.96. The molecule has 0 atom stereocenters. The zero-order valence-corrected chi connectivity index (χ0v) is 18.2. The van der Waals surface area contributed by atoms with E-state index < -0.39 is 0 Å². The number of carbonyl (C=O) groups excluding carboxylic acids is 1. The predicted molar refractivity (Wildman–Crippen MR) is 118 cm³/mol. The molecule has 7 nitrogen and oxygen atoms in total. The normalized spacial score (nSPS) is 18.2. The number of nitro groups is 1. The summed E-state index contributed by atoms with van der Waals surface area (Å²) in [6.45, 7) is 8.43. The van der Waals surface area contributed by atoms with Crippen LogP contribution in [0.4, 0.5) is 11.4 Å². The van der Waals surface area contributed by atoms with Gasteiger partial charge in [-0.3, -0.25) is 14.9 Å². The first-order chi connectivity index (χ1) is 13.5. The van der Waals surface area contributed by atoms with Crippen molar-refractivity contribution in [2.24, 2.45) is 5.92 Å². The molecule has 2 aliphatic rings. The van der Waals surface area contributed by atoms with Crippen LogP contribution in [0.1, 0.15) is 56.3 Å². The maximum atomic E-state index is 13.2. The summed E-state index contributed by atoms with van der Waals surface area (Å²) < 4.78 is 0. The Morgan fingerprint density at radius 1 is 1.24 bits per heavy atom. The number of amides is 1. The van der Waals surface area contributed by atoms with E-state index in [1.807, 2.05) is 4.90 Å². The Morgan fingerprint density at radius 3 is 2.48 bits per heavy atom. The van der Waals surface area contributed by atoms with Gasteiger partial charge in [0, 0.05) is 37.3 Å². The molecule has 2 aliphatic heterocycles. The van der Waals surface area contributed by atoms with Crippen molar-refractivity contribution < 1.29 is 9.72 Å². The van der Waals surface area contributed by atoms with E-state index in [0.717, 1.165) is 58.3 Å². The van der Waals surface area contributed by atoms with Crippen molar-refractivity contribution in [1.82, 2.24) is 10.2 Å². The molecule has 0 bridgehead atoms. The summed E-state index contributed by atoms with van der Waals surface area (Å²) in [4.78, 5) is 28.6. The molecule has 2 fully saturated rings. The largest absolute Gasteiger partial charge is 0.366 e. The average molecular weight is 425 g/mol. The number of rotatable bonds is 6. The van der Waals surface area contributed by atoms with Crippen LogP contribution in [-0.2, 0) is 0 Å². The van der Waals surface area contributed by atoms with Crippen LogP contribution in [0.2, 0.25) is 0 Å². The third-order valence-corrected chi connectivity index (χ3v) is 6.02. The molecule has 1 aromatic rings. The maximum absolute atomic E-state index is 13.2. The average Bonchev–Trinajstić information content (AvgIpc) is 2.72. The molecule has 0 unspecified atom stereocenters. The third-order valence-electron chi connectivity index (χ3n) is 6.02. The predicted octanol–water partition coefficient (Wildman–Crippen LogP) is 3.86. The molecule has 3 rings (SSSR count). The van der Waals surface area contributed by atoms with Crippen LogP contribution in [0.3, 0.4) is 0 Å². The lowest BCUT2D eigenvalue weighted by molar-refractivity contribution is -0.384. The van der Waals surface area contributed by atoms with Crippen LogP contribution < -0.4 is 10.2 Å². The minimum absolute atomic E-state index is 0. The lowest BCUT2D eigenvalue weighted by atomic mass is 9.98. The number of nitro benzene ring substituents is 1.